The molecule has 1 heterocycles. The highest BCUT2D eigenvalue weighted by Crippen LogP contribution is 2.36. The minimum absolute atomic E-state index is 0.0709. The third-order valence-corrected chi connectivity index (χ3v) is 6.09. The number of benzene rings is 2. The lowest BCUT2D eigenvalue weighted by atomic mass is 10.3. The molecule has 132 valence electrons. The number of nitro groups is 1. The van der Waals surface area contributed by atoms with Crippen LogP contribution in [-0.4, -0.2) is 30.7 Å². The first kappa shape index (κ1) is 17.7. The summed E-state index contributed by atoms with van der Waals surface area (Å²) in [6.45, 7) is 0.849. The molecule has 0 unspecified atom stereocenters. The Morgan fingerprint density at radius 1 is 1.08 bits per heavy atom. The van der Waals surface area contributed by atoms with Gasteiger partial charge in [0.1, 0.15) is 5.75 Å². The fraction of sp³-hybridized carbons (Fsp3) is 0.250. The maximum absolute atomic E-state index is 12.6. The lowest BCUT2D eigenvalue weighted by Gasteiger charge is -2.16. The van der Waals surface area contributed by atoms with Crippen molar-refractivity contribution < 1.29 is 18.1 Å². The third-order valence-electron chi connectivity index (χ3n) is 3.89. The third kappa shape index (κ3) is 3.60. The molecule has 0 atom stereocenters. The Bertz CT molecular complexity index is 910. The molecule has 0 spiro atoms. The van der Waals surface area contributed by atoms with Gasteiger partial charge in [-0.1, -0.05) is 23.7 Å². The van der Waals surface area contributed by atoms with Crippen molar-refractivity contribution in [1.29, 1.82) is 0 Å². The number of ether oxygens (including phenoxy) is 1. The number of hydrogen-bond acceptors (Lipinski definition) is 5. The van der Waals surface area contributed by atoms with Crippen LogP contribution in [0.15, 0.2) is 47.4 Å². The Hall–Kier alpha value is -2.16. The van der Waals surface area contributed by atoms with E-state index in [1.165, 1.54) is 16.4 Å². The molecule has 2 aromatic rings. The molecular weight excluding hydrogens is 368 g/mol. The molecule has 0 amide bonds. The van der Waals surface area contributed by atoms with Crippen LogP contribution < -0.4 is 4.74 Å². The van der Waals surface area contributed by atoms with Crippen molar-refractivity contribution in [1.82, 2.24) is 4.31 Å². The summed E-state index contributed by atoms with van der Waals surface area (Å²) >= 11 is 6.00. The van der Waals surface area contributed by atoms with E-state index in [-0.39, 0.29) is 16.4 Å². The van der Waals surface area contributed by atoms with Gasteiger partial charge in [0.05, 0.1) is 14.8 Å². The lowest BCUT2D eigenvalue weighted by molar-refractivity contribution is -0.385. The largest absolute Gasteiger partial charge is 0.449 e. The van der Waals surface area contributed by atoms with Crippen molar-refractivity contribution in [2.24, 2.45) is 0 Å². The summed E-state index contributed by atoms with van der Waals surface area (Å²) in [5, 5.41) is 11.7. The molecule has 0 aliphatic carbocycles. The zero-order valence-corrected chi connectivity index (χ0v) is 14.7. The van der Waals surface area contributed by atoms with Gasteiger partial charge in [-0.3, -0.25) is 10.1 Å². The van der Waals surface area contributed by atoms with Crippen molar-refractivity contribution in [3.05, 3.63) is 57.6 Å². The normalized spacial score (nSPS) is 15.2. The first-order valence-electron chi connectivity index (χ1n) is 7.60. The zero-order chi connectivity index (χ0) is 18.0. The monoisotopic (exact) mass is 382 g/mol. The quantitative estimate of drug-likeness (QED) is 0.579. The van der Waals surface area contributed by atoms with Gasteiger partial charge in [-0.05, 0) is 37.1 Å². The minimum Gasteiger partial charge on any atom is -0.449 e. The number of hydrogen-bond donors (Lipinski definition) is 0. The second kappa shape index (κ2) is 6.99. The van der Waals surface area contributed by atoms with E-state index in [4.69, 9.17) is 16.3 Å². The summed E-state index contributed by atoms with van der Waals surface area (Å²) in [7, 11) is -3.75. The van der Waals surface area contributed by atoms with Gasteiger partial charge in [0.2, 0.25) is 15.8 Å². The number of rotatable bonds is 5. The van der Waals surface area contributed by atoms with Gasteiger partial charge < -0.3 is 4.74 Å². The fourth-order valence-electron chi connectivity index (χ4n) is 2.61. The first-order valence-corrected chi connectivity index (χ1v) is 9.42. The Kier molecular flexibility index (Phi) is 4.94. The van der Waals surface area contributed by atoms with E-state index in [2.05, 4.69) is 0 Å². The summed E-state index contributed by atoms with van der Waals surface area (Å²) in [5.41, 5.74) is -0.430. The summed E-state index contributed by atoms with van der Waals surface area (Å²) in [6, 6.07) is 10.2. The molecule has 1 aliphatic heterocycles. The smallest absolute Gasteiger partial charge is 0.312 e. The van der Waals surface area contributed by atoms with Crippen molar-refractivity contribution in [3.8, 4) is 11.5 Å². The molecule has 3 rings (SSSR count). The summed E-state index contributed by atoms with van der Waals surface area (Å²) in [6.07, 6.45) is 1.57. The van der Waals surface area contributed by atoms with E-state index in [0.717, 1.165) is 18.9 Å². The van der Waals surface area contributed by atoms with Gasteiger partial charge in [0.25, 0.3) is 0 Å². The molecule has 9 heteroatoms. The maximum Gasteiger partial charge on any atom is 0.312 e. The standard InChI is InChI=1S/C16H15ClN2O5S/c17-13-5-1-2-6-15(13)24-16-8-7-12(11-14(16)19(20)21)25(22,23)18-9-3-4-10-18/h1-2,5-8,11H,3-4,9-10H2. The van der Waals surface area contributed by atoms with E-state index in [1.807, 2.05) is 0 Å². The van der Waals surface area contributed by atoms with E-state index in [9.17, 15) is 18.5 Å². The fourth-order valence-corrected chi connectivity index (χ4v) is 4.32. The molecule has 7 nitrogen and oxygen atoms in total. The summed E-state index contributed by atoms with van der Waals surface area (Å²) in [5.74, 6) is 0.181. The highest BCUT2D eigenvalue weighted by molar-refractivity contribution is 7.89. The molecule has 1 saturated heterocycles. The number of nitro benzene ring substituents is 1. The van der Waals surface area contributed by atoms with Crippen molar-refractivity contribution in [2.45, 2.75) is 17.7 Å². The average Bonchev–Trinajstić information content (AvgIpc) is 3.12. The number of nitrogens with zero attached hydrogens (tertiary/aromatic N) is 2. The predicted octanol–water partition coefficient (Wildman–Crippen LogP) is 3.83. The predicted molar refractivity (Wildman–Crippen MR) is 92.6 cm³/mol. The van der Waals surface area contributed by atoms with Crippen LogP contribution in [0.2, 0.25) is 5.02 Å². The van der Waals surface area contributed by atoms with Crippen LogP contribution in [0.5, 0.6) is 11.5 Å². The van der Waals surface area contributed by atoms with Gasteiger partial charge >= 0.3 is 5.69 Å². The van der Waals surface area contributed by atoms with Crippen LogP contribution in [0.4, 0.5) is 5.69 Å². The zero-order valence-electron chi connectivity index (χ0n) is 13.1. The second-order valence-electron chi connectivity index (χ2n) is 5.53. The van der Waals surface area contributed by atoms with Crippen molar-refractivity contribution in [2.75, 3.05) is 13.1 Å². The molecule has 1 aliphatic rings. The number of halogens is 1. The second-order valence-corrected chi connectivity index (χ2v) is 7.88. The molecule has 1 fully saturated rings. The maximum atomic E-state index is 12.6. The summed E-state index contributed by atoms with van der Waals surface area (Å²) < 4.78 is 32.0. The number of para-hydroxylation sites is 1. The number of sulfonamides is 1. The van der Waals surface area contributed by atoms with E-state index in [0.29, 0.717) is 18.1 Å². The summed E-state index contributed by atoms with van der Waals surface area (Å²) in [4.78, 5) is 10.6. The molecule has 0 bridgehead atoms. The van der Waals surface area contributed by atoms with Crippen LogP contribution >= 0.6 is 11.6 Å². The van der Waals surface area contributed by atoms with Crippen molar-refractivity contribution in [3.63, 3.8) is 0 Å². The van der Waals surface area contributed by atoms with Gasteiger partial charge in [0, 0.05) is 19.2 Å². The van der Waals surface area contributed by atoms with Crippen LogP contribution in [0.3, 0.4) is 0 Å². The molecule has 0 saturated carbocycles. The molecule has 0 radical (unpaired) electrons. The Morgan fingerprint density at radius 2 is 1.76 bits per heavy atom. The van der Waals surface area contributed by atoms with Crippen LogP contribution in [0.1, 0.15) is 12.8 Å². The highest BCUT2D eigenvalue weighted by atomic mass is 35.5. The Labute approximate surface area is 150 Å². The first-order chi connectivity index (χ1) is 11.9. The molecule has 0 N–H and O–H groups in total. The molecule has 0 aromatic heterocycles. The van der Waals surface area contributed by atoms with E-state index < -0.39 is 20.6 Å². The van der Waals surface area contributed by atoms with Gasteiger partial charge in [-0.2, -0.15) is 4.31 Å². The van der Waals surface area contributed by atoms with Crippen LogP contribution in [0.25, 0.3) is 0 Å². The van der Waals surface area contributed by atoms with Gasteiger partial charge in [0.15, 0.2) is 0 Å². The lowest BCUT2D eigenvalue weighted by Crippen LogP contribution is -2.27. The highest BCUT2D eigenvalue weighted by Gasteiger charge is 2.30. The average molecular weight is 383 g/mol. The minimum atomic E-state index is -3.75. The van der Waals surface area contributed by atoms with Crippen molar-refractivity contribution >= 4 is 27.3 Å². The van der Waals surface area contributed by atoms with Gasteiger partial charge in [-0.15, -0.1) is 0 Å². The van der Waals surface area contributed by atoms with Gasteiger partial charge in [-0.25, -0.2) is 8.42 Å². The molecule has 25 heavy (non-hydrogen) atoms. The van der Waals surface area contributed by atoms with Crippen LogP contribution in [-0.2, 0) is 10.0 Å². The Balaban J connectivity index is 1.99. The topological polar surface area (TPSA) is 89.8 Å². The molecule has 2 aromatic carbocycles. The Morgan fingerprint density at radius 3 is 2.40 bits per heavy atom. The molecular formula is C16H15ClN2O5S. The van der Waals surface area contributed by atoms with E-state index >= 15 is 0 Å². The van der Waals surface area contributed by atoms with E-state index in [1.54, 1.807) is 24.3 Å². The SMILES string of the molecule is O=[N+]([O-])c1cc(S(=O)(=O)N2CCCC2)ccc1Oc1ccccc1Cl. The van der Waals surface area contributed by atoms with Crippen LogP contribution in [0, 0.1) is 10.1 Å².